The number of carbonyl (C=O) groups is 1. The number of thiocarbonyl (C=S) groups is 1. The van der Waals surface area contributed by atoms with Gasteiger partial charge in [0.15, 0.2) is 5.11 Å². The number of aryl methyl sites for hydroxylation is 1. The molecule has 0 heterocycles. The Kier molecular flexibility index (Phi) is 5.65. The van der Waals surface area contributed by atoms with Crippen LogP contribution < -0.4 is 21.9 Å². The van der Waals surface area contributed by atoms with Gasteiger partial charge in [0.1, 0.15) is 0 Å². The predicted octanol–water partition coefficient (Wildman–Crippen LogP) is 3.52. The van der Waals surface area contributed by atoms with Crippen LogP contribution in [0.1, 0.15) is 15.9 Å². The summed E-state index contributed by atoms with van der Waals surface area (Å²) in [6, 6.07) is 10.5. The topological polar surface area (TPSA) is 79.2 Å². The molecular weight excluding hydrogens is 355 g/mol. The molecule has 120 valence electrons. The summed E-state index contributed by atoms with van der Waals surface area (Å²) in [5, 5.41) is 4.02. The molecule has 0 saturated carbocycles. The number of anilines is 2. The van der Waals surface area contributed by atoms with E-state index in [1.807, 2.05) is 13.0 Å². The van der Waals surface area contributed by atoms with E-state index in [1.54, 1.807) is 30.3 Å². The molecule has 5 nitrogen and oxygen atoms in total. The lowest BCUT2D eigenvalue weighted by atomic mass is 10.1. The van der Waals surface area contributed by atoms with Gasteiger partial charge in [0.2, 0.25) is 0 Å². The van der Waals surface area contributed by atoms with Crippen molar-refractivity contribution < 1.29 is 4.79 Å². The van der Waals surface area contributed by atoms with Crippen molar-refractivity contribution in [3.63, 3.8) is 0 Å². The number of nitrogens with one attached hydrogen (secondary N) is 3. The molecule has 23 heavy (non-hydrogen) atoms. The monoisotopic (exact) mass is 368 g/mol. The van der Waals surface area contributed by atoms with Crippen LogP contribution in [0, 0.1) is 6.92 Å². The number of carbonyl (C=O) groups excluding carboxylic acids is 1. The van der Waals surface area contributed by atoms with E-state index >= 15 is 0 Å². The molecule has 1 amide bonds. The van der Waals surface area contributed by atoms with E-state index in [0.717, 1.165) is 5.56 Å². The summed E-state index contributed by atoms with van der Waals surface area (Å²) >= 11 is 17.1. The van der Waals surface area contributed by atoms with Crippen LogP contribution in [0.4, 0.5) is 11.4 Å². The van der Waals surface area contributed by atoms with Gasteiger partial charge < -0.3 is 11.1 Å². The lowest BCUT2D eigenvalue weighted by molar-refractivity contribution is 0.0945. The number of hydrogen-bond acceptors (Lipinski definition) is 3. The highest BCUT2D eigenvalue weighted by molar-refractivity contribution is 7.80. The SMILES string of the molecule is Cc1ccc(Cl)c(Nc2ccccc2C(=O)NNC(N)=S)c1Cl. The van der Waals surface area contributed by atoms with E-state index in [1.165, 1.54) is 0 Å². The van der Waals surface area contributed by atoms with Crippen molar-refractivity contribution in [1.29, 1.82) is 0 Å². The molecule has 0 bridgehead atoms. The van der Waals surface area contributed by atoms with Crippen LogP contribution >= 0.6 is 35.4 Å². The summed E-state index contributed by atoms with van der Waals surface area (Å²) in [7, 11) is 0. The van der Waals surface area contributed by atoms with Gasteiger partial charge in [-0.1, -0.05) is 41.4 Å². The first-order valence-electron chi connectivity index (χ1n) is 6.56. The Hall–Kier alpha value is -2.02. The lowest BCUT2D eigenvalue weighted by Crippen LogP contribution is -2.44. The van der Waals surface area contributed by atoms with Crippen LogP contribution in [0.15, 0.2) is 36.4 Å². The summed E-state index contributed by atoms with van der Waals surface area (Å²) in [4.78, 5) is 12.2. The van der Waals surface area contributed by atoms with Gasteiger partial charge in [-0.2, -0.15) is 0 Å². The average Bonchev–Trinajstić information content (AvgIpc) is 2.53. The fourth-order valence-electron chi connectivity index (χ4n) is 1.88. The van der Waals surface area contributed by atoms with Crippen LogP contribution in [0.5, 0.6) is 0 Å². The molecule has 0 fully saturated rings. The summed E-state index contributed by atoms with van der Waals surface area (Å²) in [5.41, 5.74) is 12.4. The Morgan fingerprint density at radius 3 is 2.52 bits per heavy atom. The highest BCUT2D eigenvalue weighted by Crippen LogP contribution is 2.35. The van der Waals surface area contributed by atoms with Crippen LogP contribution in [-0.4, -0.2) is 11.0 Å². The molecule has 0 aliphatic heterocycles. The van der Waals surface area contributed by atoms with Crippen molar-refractivity contribution in [1.82, 2.24) is 10.9 Å². The number of rotatable bonds is 3. The Morgan fingerprint density at radius 2 is 1.83 bits per heavy atom. The molecular formula is C15H14Cl2N4OS. The number of amides is 1. The molecule has 0 saturated heterocycles. The minimum Gasteiger partial charge on any atom is -0.375 e. The normalized spacial score (nSPS) is 10.0. The number of para-hydroxylation sites is 1. The van der Waals surface area contributed by atoms with Crippen LogP contribution in [0.2, 0.25) is 10.0 Å². The minimum absolute atomic E-state index is 0.0337. The zero-order chi connectivity index (χ0) is 17.0. The van der Waals surface area contributed by atoms with Gasteiger partial charge >= 0.3 is 0 Å². The van der Waals surface area contributed by atoms with Crippen molar-refractivity contribution in [2.75, 3.05) is 5.32 Å². The first-order chi connectivity index (χ1) is 10.9. The highest BCUT2D eigenvalue weighted by atomic mass is 35.5. The molecule has 0 unspecified atom stereocenters. The summed E-state index contributed by atoms with van der Waals surface area (Å²) < 4.78 is 0. The maximum Gasteiger partial charge on any atom is 0.271 e. The van der Waals surface area contributed by atoms with Gasteiger partial charge in [-0.15, -0.1) is 0 Å². The zero-order valence-corrected chi connectivity index (χ0v) is 14.4. The van der Waals surface area contributed by atoms with E-state index in [-0.39, 0.29) is 5.11 Å². The van der Waals surface area contributed by atoms with E-state index in [0.29, 0.717) is 27.0 Å². The molecule has 0 atom stereocenters. The van der Waals surface area contributed by atoms with Crippen molar-refractivity contribution in [3.05, 3.63) is 57.6 Å². The van der Waals surface area contributed by atoms with Crippen molar-refractivity contribution in [2.45, 2.75) is 6.92 Å². The van der Waals surface area contributed by atoms with E-state index < -0.39 is 5.91 Å². The predicted molar refractivity (Wildman–Crippen MR) is 98.3 cm³/mol. The minimum atomic E-state index is -0.402. The molecule has 2 aromatic rings. The third kappa shape index (κ3) is 4.25. The van der Waals surface area contributed by atoms with Gasteiger partial charge in [0.05, 0.1) is 27.0 Å². The quantitative estimate of drug-likeness (QED) is 0.492. The van der Waals surface area contributed by atoms with Crippen LogP contribution in [0.3, 0.4) is 0 Å². The Bertz CT molecular complexity index is 767. The largest absolute Gasteiger partial charge is 0.375 e. The molecule has 5 N–H and O–H groups in total. The Balaban J connectivity index is 2.33. The van der Waals surface area contributed by atoms with Crippen molar-refractivity contribution in [2.24, 2.45) is 5.73 Å². The smallest absolute Gasteiger partial charge is 0.271 e. The van der Waals surface area contributed by atoms with Gasteiger partial charge in [0, 0.05) is 0 Å². The van der Waals surface area contributed by atoms with E-state index in [2.05, 4.69) is 28.4 Å². The summed E-state index contributed by atoms with van der Waals surface area (Å²) in [5.74, 6) is -0.402. The number of benzene rings is 2. The fraction of sp³-hybridized carbons (Fsp3) is 0.0667. The van der Waals surface area contributed by atoms with Crippen molar-refractivity contribution >= 4 is 57.8 Å². The van der Waals surface area contributed by atoms with Crippen LogP contribution in [-0.2, 0) is 0 Å². The molecule has 8 heteroatoms. The third-order valence-corrected chi connectivity index (χ3v) is 3.92. The van der Waals surface area contributed by atoms with Gasteiger partial charge in [-0.3, -0.25) is 15.6 Å². The first kappa shape index (κ1) is 17.3. The maximum atomic E-state index is 12.2. The number of hydrazine groups is 1. The number of nitrogens with two attached hydrogens (primary N) is 1. The van der Waals surface area contributed by atoms with Crippen molar-refractivity contribution in [3.8, 4) is 0 Å². The van der Waals surface area contributed by atoms with Gasteiger partial charge in [0.25, 0.3) is 5.91 Å². The molecule has 0 aromatic heterocycles. The standard InChI is InChI=1S/C15H14Cl2N4OS/c1-8-6-7-10(16)13(12(8)17)19-11-5-3-2-4-9(11)14(22)20-21-15(18)23/h2-7,19H,1H3,(H,20,22)(H3,18,21,23). The maximum absolute atomic E-state index is 12.2. The average molecular weight is 369 g/mol. The van der Waals surface area contributed by atoms with Crippen LogP contribution in [0.25, 0.3) is 0 Å². The zero-order valence-electron chi connectivity index (χ0n) is 12.1. The Morgan fingerprint density at radius 1 is 1.13 bits per heavy atom. The second-order valence-corrected chi connectivity index (χ2v) is 5.89. The van der Waals surface area contributed by atoms with Gasteiger partial charge in [-0.25, -0.2) is 0 Å². The van der Waals surface area contributed by atoms with E-state index in [4.69, 9.17) is 28.9 Å². The molecule has 2 aromatic carbocycles. The summed E-state index contributed by atoms with van der Waals surface area (Å²) in [6.45, 7) is 1.87. The molecule has 0 radical (unpaired) electrons. The summed E-state index contributed by atoms with van der Waals surface area (Å²) in [6.07, 6.45) is 0. The lowest BCUT2D eigenvalue weighted by Gasteiger charge is -2.15. The third-order valence-electron chi connectivity index (χ3n) is 3.01. The fourth-order valence-corrected chi connectivity index (χ4v) is 2.40. The number of halogens is 2. The van der Waals surface area contributed by atoms with E-state index in [9.17, 15) is 4.79 Å². The molecule has 2 rings (SSSR count). The second kappa shape index (κ2) is 7.50. The molecule has 0 aliphatic rings. The number of hydrogen-bond donors (Lipinski definition) is 4. The molecule has 0 aliphatic carbocycles. The Labute approximate surface area is 149 Å². The first-order valence-corrected chi connectivity index (χ1v) is 7.73. The second-order valence-electron chi connectivity index (χ2n) is 4.67. The van der Waals surface area contributed by atoms with Gasteiger partial charge in [-0.05, 0) is 42.9 Å². The highest BCUT2D eigenvalue weighted by Gasteiger charge is 2.14. The molecule has 0 spiro atoms.